The summed E-state index contributed by atoms with van der Waals surface area (Å²) in [6.45, 7) is 1.65. The molecule has 1 saturated carbocycles. The van der Waals surface area contributed by atoms with Crippen LogP contribution in [-0.2, 0) is 19.1 Å². The molecule has 16 heavy (non-hydrogen) atoms. The second kappa shape index (κ2) is 4.71. The van der Waals surface area contributed by atoms with Gasteiger partial charge in [-0.1, -0.05) is 6.42 Å². The molecule has 94 valence electrons. The van der Waals surface area contributed by atoms with Crippen LogP contribution in [0.15, 0.2) is 0 Å². The van der Waals surface area contributed by atoms with Crippen molar-refractivity contribution in [2.75, 3.05) is 6.26 Å². The van der Waals surface area contributed by atoms with Gasteiger partial charge in [-0.25, -0.2) is 0 Å². The van der Waals surface area contributed by atoms with Gasteiger partial charge in [0.25, 0.3) is 10.1 Å². The smallest absolute Gasteiger partial charge is 0.309 e. The van der Waals surface area contributed by atoms with Crippen LogP contribution < -0.4 is 0 Å². The minimum absolute atomic E-state index is 0.452. The molecule has 0 aromatic rings. The third-order valence-corrected chi connectivity index (χ3v) is 3.81. The average molecular weight is 250 g/mol. The maximum absolute atomic E-state index is 11.0. The van der Waals surface area contributed by atoms with E-state index in [-0.39, 0.29) is 0 Å². The summed E-state index contributed by atoms with van der Waals surface area (Å²) in [5.41, 5.74) is -0.630. The molecule has 6 heteroatoms. The Kier molecular flexibility index (Phi) is 3.96. The van der Waals surface area contributed by atoms with Crippen LogP contribution in [0.2, 0.25) is 0 Å². The molecular formula is C10H18O5S. The first-order valence-corrected chi connectivity index (χ1v) is 7.18. The van der Waals surface area contributed by atoms with Gasteiger partial charge in [0.2, 0.25) is 0 Å². The normalized spacial score (nSPS) is 21.1. The molecule has 1 unspecified atom stereocenters. The molecule has 1 rings (SSSR count). The van der Waals surface area contributed by atoms with E-state index in [0.29, 0.717) is 25.7 Å². The van der Waals surface area contributed by atoms with Gasteiger partial charge in [0.1, 0.15) is 0 Å². The van der Waals surface area contributed by atoms with Crippen molar-refractivity contribution >= 4 is 16.1 Å². The molecule has 0 heterocycles. The minimum atomic E-state index is -3.45. The maximum Gasteiger partial charge on any atom is 0.309 e. The SMILES string of the molecule is CC(CCC1(C(=O)O)CCC1)OS(C)(=O)=O. The zero-order chi connectivity index (χ0) is 12.4. The molecule has 0 saturated heterocycles. The van der Waals surface area contributed by atoms with E-state index in [0.717, 1.165) is 12.7 Å². The summed E-state index contributed by atoms with van der Waals surface area (Å²) in [6, 6.07) is 0. The van der Waals surface area contributed by atoms with Crippen LogP contribution >= 0.6 is 0 Å². The molecule has 1 aliphatic carbocycles. The first kappa shape index (κ1) is 13.4. The molecule has 1 fully saturated rings. The summed E-state index contributed by atoms with van der Waals surface area (Å²) in [4.78, 5) is 11.0. The van der Waals surface area contributed by atoms with Crippen LogP contribution in [0.4, 0.5) is 0 Å². The fourth-order valence-electron chi connectivity index (χ4n) is 2.00. The zero-order valence-electron chi connectivity index (χ0n) is 9.60. The average Bonchev–Trinajstić information content (AvgIpc) is 1.97. The fourth-order valence-corrected chi connectivity index (χ4v) is 2.69. The Hall–Kier alpha value is -0.620. The summed E-state index contributed by atoms with van der Waals surface area (Å²) in [7, 11) is -3.45. The van der Waals surface area contributed by atoms with E-state index >= 15 is 0 Å². The highest BCUT2D eigenvalue weighted by atomic mass is 32.2. The van der Waals surface area contributed by atoms with Gasteiger partial charge < -0.3 is 5.11 Å². The topological polar surface area (TPSA) is 80.7 Å². The van der Waals surface area contributed by atoms with Crippen molar-refractivity contribution in [1.82, 2.24) is 0 Å². The van der Waals surface area contributed by atoms with Crippen LogP contribution in [-0.4, -0.2) is 31.9 Å². The largest absolute Gasteiger partial charge is 0.481 e. The standard InChI is InChI=1S/C10H18O5S/c1-8(15-16(2,13)14)4-7-10(9(11)12)5-3-6-10/h8H,3-7H2,1-2H3,(H,11,12). The molecule has 0 bridgehead atoms. The zero-order valence-corrected chi connectivity index (χ0v) is 10.4. The lowest BCUT2D eigenvalue weighted by atomic mass is 9.66. The van der Waals surface area contributed by atoms with Crippen molar-refractivity contribution in [1.29, 1.82) is 0 Å². The Morgan fingerprint density at radius 1 is 1.50 bits per heavy atom. The Labute approximate surface area is 95.9 Å². The van der Waals surface area contributed by atoms with Crippen LogP contribution in [0.5, 0.6) is 0 Å². The highest BCUT2D eigenvalue weighted by Crippen LogP contribution is 2.45. The highest BCUT2D eigenvalue weighted by Gasteiger charge is 2.43. The van der Waals surface area contributed by atoms with Crippen molar-refractivity contribution in [3.8, 4) is 0 Å². The number of aliphatic carboxylic acids is 1. The quantitative estimate of drug-likeness (QED) is 0.720. The number of carboxylic acid groups (broad SMARTS) is 1. The van der Waals surface area contributed by atoms with Crippen LogP contribution in [0.1, 0.15) is 39.0 Å². The van der Waals surface area contributed by atoms with E-state index in [4.69, 9.17) is 9.29 Å². The van der Waals surface area contributed by atoms with Gasteiger partial charge in [0, 0.05) is 0 Å². The van der Waals surface area contributed by atoms with Gasteiger partial charge in [-0.15, -0.1) is 0 Å². The molecule has 5 nitrogen and oxygen atoms in total. The van der Waals surface area contributed by atoms with Crippen molar-refractivity contribution in [2.45, 2.75) is 45.1 Å². The second-order valence-electron chi connectivity index (χ2n) is 4.59. The number of hydrogen-bond acceptors (Lipinski definition) is 4. The molecular weight excluding hydrogens is 232 g/mol. The monoisotopic (exact) mass is 250 g/mol. The van der Waals surface area contributed by atoms with E-state index in [2.05, 4.69) is 0 Å². The predicted octanol–water partition coefficient (Wildman–Crippen LogP) is 1.39. The van der Waals surface area contributed by atoms with Crippen molar-refractivity contribution in [2.24, 2.45) is 5.41 Å². The predicted molar refractivity (Wildman–Crippen MR) is 58.5 cm³/mol. The molecule has 1 atom stereocenters. The molecule has 0 aromatic carbocycles. The maximum atomic E-state index is 11.0. The Bertz CT molecular complexity index is 355. The molecule has 0 amide bonds. The highest BCUT2D eigenvalue weighted by molar-refractivity contribution is 7.86. The lowest BCUT2D eigenvalue weighted by Crippen LogP contribution is -2.38. The Morgan fingerprint density at radius 3 is 2.38 bits per heavy atom. The first-order valence-electron chi connectivity index (χ1n) is 5.37. The number of rotatable bonds is 6. The summed E-state index contributed by atoms with van der Waals surface area (Å²) in [5.74, 6) is -0.773. The van der Waals surface area contributed by atoms with Gasteiger partial charge in [-0.2, -0.15) is 8.42 Å². The Morgan fingerprint density at radius 2 is 2.06 bits per heavy atom. The van der Waals surface area contributed by atoms with Crippen molar-refractivity contribution in [3.63, 3.8) is 0 Å². The van der Waals surface area contributed by atoms with Gasteiger partial charge in [0.05, 0.1) is 17.8 Å². The molecule has 1 aliphatic rings. The fraction of sp³-hybridized carbons (Fsp3) is 0.900. The second-order valence-corrected chi connectivity index (χ2v) is 6.19. The minimum Gasteiger partial charge on any atom is -0.481 e. The van der Waals surface area contributed by atoms with Crippen molar-refractivity contribution in [3.05, 3.63) is 0 Å². The summed E-state index contributed by atoms with van der Waals surface area (Å²) in [6.07, 6.45) is 3.81. The summed E-state index contributed by atoms with van der Waals surface area (Å²) in [5, 5.41) is 9.07. The lowest BCUT2D eigenvalue weighted by molar-refractivity contribution is -0.155. The third-order valence-electron chi connectivity index (χ3n) is 3.13. The van der Waals surface area contributed by atoms with Crippen LogP contribution in [0, 0.1) is 5.41 Å². The molecule has 0 radical (unpaired) electrons. The third kappa shape index (κ3) is 3.45. The van der Waals surface area contributed by atoms with Gasteiger partial charge in [-0.05, 0) is 32.6 Å². The first-order chi connectivity index (χ1) is 7.25. The molecule has 1 N–H and O–H groups in total. The Balaban J connectivity index is 2.42. The van der Waals surface area contributed by atoms with Crippen LogP contribution in [0.3, 0.4) is 0 Å². The van der Waals surface area contributed by atoms with Gasteiger partial charge >= 0.3 is 5.97 Å². The number of hydrogen-bond donors (Lipinski definition) is 1. The molecule has 0 spiro atoms. The van der Waals surface area contributed by atoms with E-state index < -0.39 is 27.6 Å². The van der Waals surface area contributed by atoms with E-state index in [1.54, 1.807) is 6.92 Å². The van der Waals surface area contributed by atoms with E-state index in [1.807, 2.05) is 0 Å². The van der Waals surface area contributed by atoms with E-state index in [1.165, 1.54) is 0 Å². The van der Waals surface area contributed by atoms with E-state index in [9.17, 15) is 13.2 Å². The number of carboxylic acids is 1. The lowest BCUT2D eigenvalue weighted by Gasteiger charge is -2.38. The number of carbonyl (C=O) groups is 1. The molecule has 0 aromatic heterocycles. The van der Waals surface area contributed by atoms with Crippen LogP contribution in [0.25, 0.3) is 0 Å². The van der Waals surface area contributed by atoms with Gasteiger partial charge in [0.15, 0.2) is 0 Å². The van der Waals surface area contributed by atoms with Crippen molar-refractivity contribution < 1.29 is 22.5 Å². The summed E-state index contributed by atoms with van der Waals surface area (Å²) >= 11 is 0. The van der Waals surface area contributed by atoms with Gasteiger partial charge in [-0.3, -0.25) is 8.98 Å². The summed E-state index contributed by atoms with van der Waals surface area (Å²) < 4.78 is 26.5. The molecule has 0 aliphatic heterocycles.